The lowest BCUT2D eigenvalue weighted by Crippen LogP contribution is -2.34. The summed E-state index contributed by atoms with van der Waals surface area (Å²) in [5, 5.41) is 3.02. The van der Waals surface area contributed by atoms with Crippen LogP contribution in [0.3, 0.4) is 0 Å². The summed E-state index contributed by atoms with van der Waals surface area (Å²) in [5.74, 6) is 6.72. The molecule has 1 unspecified atom stereocenters. The number of hydrogen-bond donors (Lipinski definition) is 1. The van der Waals surface area contributed by atoms with Crippen molar-refractivity contribution in [2.75, 3.05) is 0 Å². The molecule has 2 aromatic carbocycles. The molecule has 0 aromatic heterocycles. The van der Waals surface area contributed by atoms with Crippen molar-refractivity contribution in [1.29, 1.82) is 0 Å². The highest BCUT2D eigenvalue weighted by Crippen LogP contribution is 2.07. The molecule has 0 spiro atoms. The SMILES string of the molecule is CC(C)CC(C#Cc1ccccc1)NC(=O)c1ccccc1. The minimum Gasteiger partial charge on any atom is -0.338 e. The number of carbonyl (C=O) groups is 1. The predicted molar refractivity (Wildman–Crippen MR) is 90.5 cm³/mol. The van der Waals surface area contributed by atoms with Crippen molar-refractivity contribution in [3.8, 4) is 11.8 Å². The molecule has 112 valence electrons. The Bertz CT molecular complexity index is 650. The van der Waals surface area contributed by atoms with E-state index in [9.17, 15) is 4.79 Å². The first kappa shape index (κ1) is 15.9. The van der Waals surface area contributed by atoms with E-state index in [1.165, 1.54) is 0 Å². The minimum absolute atomic E-state index is 0.0754. The highest BCUT2D eigenvalue weighted by atomic mass is 16.1. The normalized spacial score (nSPS) is 11.4. The van der Waals surface area contributed by atoms with Crippen molar-refractivity contribution < 1.29 is 4.79 Å². The third-order valence-corrected chi connectivity index (χ3v) is 3.21. The molecular formula is C20H21NO. The van der Waals surface area contributed by atoms with Gasteiger partial charge in [-0.2, -0.15) is 0 Å². The fraction of sp³-hybridized carbons (Fsp3) is 0.250. The lowest BCUT2D eigenvalue weighted by atomic mass is 10.0. The summed E-state index contributed by atoms with van der Waals surface area (Å²) in [4.78, 5) is 12.3. The Morgan fingerprint density at radius 2 is 1.59 bits per heavy atom. The van der Waals surface area contributed by atoms with Crippen LogP contribution in [0.15, 0.2) is 60.7 Å². The molecule has 0 saturated heterocycles. The van der Waals surface area contributed by atoms with Gasteiger partial charge in [-0.05, 0) is 36.6 Å². The first-order valence-corrected chi connectivity index (χ1v) is 7.57. The summed E-state index contributed by atoms with van der Waals surface area (Å²) < 4.78 is 0. The van der Waals surface area contributed by atoms with E-state index in [-0.39, 0.29) is 11.9 Å². The summed E-state index contributed by atoms with van der Waals surface area (Å²) in [5.41, 5.74) is 1.63. The van der Waals surface area contributed by atoms with Crippen LogP contribution in [0.5, 0.6) is 0 Å². The van der Waals surface area contributed by atoms with Crippen molar-refractivity contribution in [2.45, 2.75) is 26.3 Å². The van der Waals surface area contributed by atoms with Crippen LogP contribution in [0.4, 0.5) is 0 Å². The van der Waals surface area contributed by atoms with Gasteiger partial charge in [-0.3, -0.25) is 4.79 Å². The summed E-state index contributed by atoms with van der Waals surface area (Å²) in [6.45, 7) is 4.26. The van der Waals surface area contributed by atoms with Gasteiger partial charge in [-0.25, -0.2) is 0 Å². The molecular weight excluding hydrogens is 270 g/mol. The average Bonchev–Trinajstić information content (AvgIpc) is 2.54. The van der Waals surface area contributed by atoms with Crippen LogP contribution in [0, 0.1) is 17.8 Å². The molecule has 1 atom stereocenters. The largest absolute Gasteiger partial charge is 0.338 e. The Kier molecular flexibility index (Phi) is 5.80. The van der Waals surface area contributed by atoms with E-state index in [0.29, 0.717) is 11.5 Å². The van der Waals surface area contributed by atoms with Crippen LogP contribution < -0.4 is 5.32 Å². The lowest BCUT2D eigenvalue weighted by molar-refractivity contribution is 0.0942. The van der Waals surface area contributed by atoms with Gasteiger partial charge in [0.2, 0.25) is 0 Å². The summed E-state index contributed by atoms with van der Waals surface area (Å²) in [6, 6.07) is 18.9. The van der Waals surface area contributed by atoms with E-state index in [2.05, 4.69) is 31.0 Å². The van der Waals surface area contributed by atoms with E-state index in [0.717, 1.165) is 12.0 Å². The van der Waals surface area contributed by atoms with Gasteiger partial charge in [0.05, 0.1) is 6.04 Å². The van der Waals surface area contributed by atoms with Gasteiger partial charge in [0.15, 0.2) is 0 Å². The molecule has 0 radical (unpaired) electrons. The van der Waals surface area contributed by atoms with Gasteiger partial charge in [-0.1, -0.05) is 62.1 Å². The van der Waals surface area contributed by atoms with Gasteiger partial charge >= 0.3 is 0 Å². The Labute approximate surface area is 132 Å². The maximum Gasteiger partial charge on any atom is 0.252 e. The number of nitrogens with one attached hydrogen (secondary N) is 1. The second-order valence-corrected chi connectivity index (χ2v) is 5.66. The van der Waals surface area contributed by atoms with Gasteiger partial charge in [0.1, 0.15) is 0 Å². The van der Waals surface area contributed by atoms with Gasteiger partial charge < -0.3 is 5.32 Å². The monoisotopic (exact) mass is 291 g/mol. The van der Waals surface area contributed by atoms with Gasteiger partial charge in [0, 0.05) is 11.1 Å². The zero-order chi connectivity index (χ0) is 15.8. The third-order valence-electron chi connectivity index (χ3n) is 3.21. The van der Waals surface area contributed by atoms with Crippen molar-refractivity contribution in [1.82, 2.24) is 5.32 Å². The van der Waals surface area contributed by atoms with Gasteiger partial charge in [-0.15, -0.1) is 0 Å². The molecule has 0 aliphatic carbocycles. The predicted octanol–water partition coefficient (Wildman–Crippen LogP) is 3.88. The number of rotatable bonds is 4. The Balaban J connectivity index is 2.10. The van der Waals surface area contributed by atoms with E-state index in [1.807, 2.05) is 60.7 Å². The van der Waals surface area contributed by atoms with Crippen molar-refractivity contribution in [3.63, 3.8) is 0 Å². The van der Waals surface area contributed by atoms with Crippen LogP contribution in [-0.2, 0) is 0 Å². The van der Waals surface area contributed by atoms with Crippen LogP contribution >= 0.6 is 0 Å². The van der Waals surface area contributed by atoms with Crippen LogP contribution in [0.2, 0.25) is 0 Å². The number of amides is 1. The number of hydrogen-bond acceptors (Lipinski definition) is 1. The highest BCUT2D eigenvalue weighted by molar-refractivity contribution is 5.94. The average molecular weight is 291 g/mol. The van der Waals surface area contributed by atoms with Crippen molar-refractivity contribution >= 4 is 5.91 Å². The quantitative estimate of drug-likeness (QED) is 0.851. The zero-order valence-electron chi connectivity index (χ0n) is 13.0. The number of benzene rings is 2. The smallest absolute Gasteiger partial charge is 0.252 e. The first-order chi connectivity index (χ1) is 10.6. The topological polar surface area (TPSA) is 29.1 Å². The van der Waals surface area contributed by atoms with Gasteiger partial charge in [0.25, 0.3) is 5.91 Å². The van der Waals surface area contributed by atoms with Crippen LogP contribution in [-0.4, -0.2) is 11.9 Å². The molecule has 2 aromatic rings. The highest BCUT2D eigenvalue weighted by Gasteiger charge is 2.12. The Morgan fingerprint density at radius 1 is 1.00 bits per heavy atom. The molecule has 0 fully saturated rings. The van der Waals surface area contributed by atoms with E-state index in [1.54, 1.807) is 0 Å². The fourth-order valence-corrected chi connectivity index (χ4v) is 2.15. The molecule has 1 N–H and O–H groups in total. The molecule has 2 nitrogen and oxygen atoms in total. The third kappa shape index (κ3) is 5.10. The minimum atomic E-state index is -0.145. The standard InChI is InChI=1S/C20H21NO/c1-16(2)15-19(14-13-17-9-5-3-6-10-17)21-20(22)18-11-7-4-8-12-18/h3-12,16,19H,15H2,1-2H3,(H,21,22). The molecule has 0 aliphatic heterocycles. The molecule has 2 rings (SSSR count). The Hall–Kier alpha value is -2.53. The molecule has 0 bridgehead atoms. The fourth-order valence-electron chi connectivity index (χ4n) is 2.15. The van der Waals surface area contributed by atoms with Crippen molar-refractivity contribution in [2.24, 2.45) is 5.92 Å². The molecule has 0 aliphatic rings. The maximum atomic E-state index is 12.3. The lowest BCUT2D eigenvalue weighted by Gasteiger charge is -2.15. The second-order valence-electron chi connectivity index (χ2n) is 5.66. The zero-order valence-corrected chi connectivity index (χ0v) is 13.0. The molecule has 0 saturated carbocycles. The Morgan fingerprint density at radius 3 is 2.18 bits per heavy atom. The summed E-state index contributed by atoms with van der Waals surface area (Å²) in [6.07, 6.45) is 0.832. The summed E-state index contributed by atoms with van der Waals surface area (Å²) in [7, 11) is 0. The molecule has 2 heteroatoms. The van der Waals surface area contributed by atoms with E-state index >= 15 is 0 Å². The van der Waals surface area contributed by atoms with Crippen LogP contribution in [0.1, 0.15) is 36.2 Å². The second kappa shape index (κ2) is 8.05. The number of carbonyl (C=O) groups excluding carboxylic acids is 1. The summed E-state index contributed by atoms with van der Waals surface area (Å²) >= 11 is 0. The molecule has 22 heavy (non-hydrogen) atoms. The maximum absolute atomic E-state index is 12.3. The van der Waals surface area contributed by atoms with E-state index in [4.69, 9.17) is 0 Å². The van der Waals surface area contributed by atoms with Crippen molar-refractivity contribution in [3.05, 3.63) is 71.8 Å². The van der Waals surface area contributed by atoms with Crippen LogP contribution in [0.25, 0.3) is 0 Å². The van der Waals surface area contributed by atoms with E-state index < -0.39 is 0 Å². The molecule has 0 heterocycles. The molecule has 1 amide bonds. The first-order valence-electron chi connectivity index (χ1n) is 7.57.